The summed E-state index contributed by atoms with van der Waals surface area (Å²) in [7, 11) is 0. The van der Waals surface area contributed by atoms with Gasteiger partial charge >= 0.3 is 0 Å². The zero-order valence-corrected chi connectivity index (χ0v) is 9.77. The van der Waals surface area contributed by atoms with Crippen LogP contribution in [0.15, 0.2) is 42.0 Å². The molecule has 0 saturated carbocycles. The van der Waals surface area contributed by atoms with Crippen molar-refractivity contribution in [2.24, 2.45) is 0 Å². The van der Waals surface area contributed by atoms with Crippen LogP contribution in [0.1, 0.15) is 12.0 Å². The minimum atomic E-state index is -0.187. The maximum absolute atomic E-state index is 12.6. The lowest BCUT2D eigenvalue weighted by Gasteiger charge is -2.09. The third-order valence-corrected chi connectivity index (χ3v) is 2.46. The number of hydrogen-bond acceptors (Lipinski definition) is 1. The zero-order valence-electron chi connectivity index (χ0n) is 8.95. The molecule has 3 heteroatoms. The molecule has 16 heavy (non-hydrogen) atoms. The molecule has 0 amide bonds. The predicted molar refractivity (Wildman–Crippen MR) is 68.3 cm³/mol. The quantitative estimate of drug-likeness (QED) is 0.836. The fourth-order valence-electron chi connectivity index (χ4n) is 1.57. The summed E-state index contributed by atoms with van der Waals surface area (Å²) in [6.07, 6.45) is 7.38. The number of halogens is 2. The molecule has 1 aliphatic heterocycles. The molecule has 0 bridgehead atoms. The molecule has 1 N–H and O–H groups in total. The average molecular weight is 240 g/mol. The van der Waals surface area contributed by atoms with E-state index in [1.54, 1.807) is 12.1 Å². The molecule has 0 aromatic heterocycles. The SMILES string of the molecule is Cl.Fc1ccc(C=CC2=CCNCC2)cc1. The van der Waals surface area contributed by atoms with Crippen LogP contribution in [0, 0.1) is 5.82 Å². The molecule has 1 nitrogen and oxygen atoms in total. The minimum Gasteiger partial charge on any atom is -0.313 e. The van der Waals surface area contributed by atoms with E-state index in [-0.39, 0.29) is 18.2 Å². The van der Waals surface area contributed by atoms with Crippen LogP contribution in [-0.4, -0.2) is 13.1 Å². The van der Waals surface area contributed by atoms with E-state index in [0.717, 1.165) is 25.1 Å². The molecular weight excluding hydrogens is 225 g/mol. The van der Waals surface area contributed by atoms with Gasteiger partial charge in [0.05, 0.1) is 0 Å². The second-order valence-electron chi connectivity index (χ2n) is 3.62. The first-order chi connectivity index (χ1) is 7.34. The van der Waals surface area contributed by atoms with Gasteiger partial charge in [0.15, 0.2) is 0 Å². The van der Waals surface area contributed by atoms with Crippen molar-refractivity contribution >= 4 is 18.5 Å². The maximum atomic E-state index is 12.6. The van der Waals surface area contributed by atoms with E-state index in [9.17, 15) is 4.39 Å². The largest absolute Gasteiger partial charge is 0.313 e. The van der Waals surface area contributed by atoms with Gasteiger partial charge in [0.1, 0.15) is 5.82 Å². The van der Waals surface area contributed by atoms with Gasteiger partial charge in [-0.3, -0.25) is 0 Å². The van der Waals surface area contributed by atoms with Crippen LogP contribution in [0.25, 0.3) is 6.08 Å². The van der Waals surface area contributed by atoms with Crippen molar-refractivity contribution in [2.75, 3.05) is 13.1 Å². The minimum absolute atomic E-state index is 0. The van der Waals surface area contributed by atoms with Crippen LogP contribution < -0.4 is 5.32 Å². The summed E-state index contributed by atoms with van der Waals surface area (Å²) in [5.41, 5.74) is 2.38. The predicted octanol–water partition coefficient (Wildman–Crippen LogP) is 3.18. The molecule has 1 aromatic carbocycles. The number of hydrogen-bond donors (Lipinski definition) is 1. The Morgan fingerprint density at radius 1 is 1.12 bits per heavy atom. The summed E-state index contributed by atoms with van der Waals surface area (Å²) in [6, 6.07) is 6.54. The lowest BCUT2D eigenvalue weighted by atomic mass is 10.1. The van der Waals surface area contributed by atoms with Gasteiger partial charge in [-0.05, 0) is 36.2 Å². The summed E-state index contributed by atoms with van der Waals surface area (Å²) in [6.45, 7) is 1.99. The van der Waals surface area contributed by atoms with E-state index in [2.05, 4.69) is 17.5 Å². The third-order valence-electron chi connectivity index (χ3n) is 2.46. The fraction of sp³-hybridized carbons (Fsp3) is 0.231. The number of allylic oxidation sites excluding steroid dienone is 1. The Balaban J connectivity index is 0.00000128. The van der Waals surface area contributed by atoms with Crippen molar-refractivity contribution in [3.05, 3.63) is 53.4 Å². The molecule has 0 aliphatic carbocycles. The Kier molecular flexibility index (Phi) is 5.23. The Morgan fingerprint density at radius 2 is 1.88 bits per heavy atom. The van der Waals surface area contributed by atoms with Gasteiger partial charge in [0, 0.05) is 6.54 Å². The standard InChI is InChI=1S/C13H14FN.ClH/c14-13-5-3-11(4-6-13)1-2-12-7-9-15-10-8-12;/h1-7,15H,8-10H2;1H. The first kappa shape index (κ1) is 12.9. The highest BCUT2D eigenvalue weighted by molar-refractivity contribution is 5.85. The van der Waals surface area contributed by atoms with Crippen molar-refractivity contribution in [2.45, 2.75) is 6.42 Å². The molecule has 0 fully saturated rings. The van der Waals surface area contributed by atoms with Crippen molar-refractivity contribution in [3.63, 3.8) is 0 Å². The molecule has 0 radical (unpaired) electrons. The number of benzene rings is 1. The van der Waals surface area contributed by atoms with E-state index < -0.39 is 0 Å². The summed E-state index contributed by atoms with van der Waals surface area (Å²) in [5, 5.41) is 3.26. The first-order valence-electron chi connectivity index (χ1n) is 5.18. The fourth-order valence-corrected chi connectivity index (χ4v) is 1.57. The Morgan fingerprint density at radius 3 is 2.50 bits per heavy atom. The Hall–Kier alpha value is -1.12. The molecule has 86 valence electrons. The molecule has 0 spiro atoms. The topological polar surface area (TPSA) is 12.0 Å². The van der Waals surface area contributed by atoms with E-state index in [1.165, 1.54) is 17.7 Å². The van der Waals surface area contributed by atoms with Crippen LogP contribution in [-0.2, 0) is 0 Å². The normalized spacial score (nSPS) is 15.7. The van der Waals surface area contributed by atoms with Crippen molar-refractivity contribution < 1.29 is 4.39 Å². The average Bonchev–Trinajstić information content (AvgIpc) is 2.30. The maximum Gasteiger partial charge on any atom is 0.123 e. The molecule has 1 aliphatic rings. The summed E-state index contributed by atoms with van der Waals surface area (Å²) in [5.74, 6) is -0.187. The molecule has 0 atom stereocenters. The number of nitrogens with one attached hydrogen (secondary N) is 1. The Labute approximate surface area is 101 Å². The van der Waals surface area contributed by atoms with Crippen LogP contribution in [0.4, 0.5) is 4.39 Å². The highest BCUT2D eigenvalue weighted by Crippen LogP contribution is 2.10. The summed E-state index contributed by atoms with van der Waals surface area (Å²) < 4.78 is 12.6. The van der Waals surface area contributed by atoms with Gasteiger partial charge in [-0.25, -0.2) is 4.39 Å². The summed E-state index contributed by atoms with van der Waals surface area (Å²) >= 11 is 0. The first-order valence-corrected chi connectivity index (χ1v) is 5.18. The molecule has 1 aromatic rings. The van der Waals surface area contributed by atoms with Gasteiger partial charge in [-0.15, -0.1) is 12.4 Å². The molecule has 0 saturated heterocycles. The van der Waals surface area contributed by atoms with E-state index >= 15 is 0 Å². The van der Waals surface area contributed by atoms with Gasteiger partial charge in [0.2, 0.25) is 0 Å². The number of rotatable bonds is 2. The smallest absolute Gasteiger partial charge is 0.123 e. The molecule has 0 unspecified atom stereocenters. The van der Waals surface area contributed by atoms with Gasteiger partial charge in [-0.1, -0.05) is 30.4 Å². The molecular formula is C13H15ClFN. The van der Waals surface area contributed by atoms with Crippen LogP contribution in [0.2, 0.25) is 0 Å². The van der Waals surface area contributed by atoms with E-state index in [4.69, 9.17) is 0 Å². The second kappa shape index (κ2) is 6.46. The van der Waals surface area contributed by atoms with Gasteiger partial charge < -0.3 is 5.32 Å². The highest BCUT2D eigenvalue weighted by atomic mass is 35.5. The van der Waals surface area contributed by atoms with Crippen LogP contribution in [0.5, 0.6) is 0 Å². The molecule has 2 rings (SSSR count). The van der Waals surface area contributed by atoms with Gasteiger partial charge in [0.25, 0.3) is 0 Å². The van der Waals surface area contributed by atoms with Crippen molar-refractivity contribution in [1.82, 2.24) is 5.32 Å². The third kappa shape index (κ3) is 3.80. The highest BCUT2D eigenvalue weighted by Gasteiger charge is 1.98. The van der Waals surface area contributed by atoms with Crippen LogP contribution >= 0.6 is 12.4 Å². The lowest BCUT2D eigenvalue weighted by Crippen LogP contribution is -2.19. The van der Waals surface area contributed by atoms with E-state index in [1.807, 2.05) is 6.08 Å². The van der Waals surface area contributed by atoms with Gasteiger partial charge in [-0.2, -0.15) is 0 Å². The van der Waals surface area contributed by atoms with E-state index in [0.29, 0.717) is 0 Å². The zero-order chi connectivity index (χ0) is 10.5. The molecule has 1 heterocycles. The van der Waals surface area contributed by atoms with Crippen molar-refractivity contribution in [3.8, 4) is 0 Å². The Bertz CT molecular complexity index is 381. The summed E-state index contributed by atoms with van der Waals surface area (Å²) in [4.78, 5) is 0. The van der Waals surface area contributed by atoms with Crippen LogP contribution in [0.3, 0.4) is 0 Å². The monoisotopic (exact) mass is 239 g/mol. The second-order valence-corrected chi connectivity index (χ2v) is 3.62. The van der Waals surface area contributed by atoms with Crippen molar-refractivity contribution in [1.29, 1.82) is 0 Å². The lowest BCUT2D eigenvalue weighted by molar-refractivity contribution is 0.628.